The van der Waals surface area contributed by atoms with Crippen LogP contribution in [0.3, 0.4) is 0 Å². The van der Waals surface area contributed by atoms with Crippen LogP contribution in [0.4, 0.5) is 11.5 Å². The Labute approximate surface area is 97.0 Å². The average molecular weight is 270 g/mol. The molecule has 1 atom stereocenters. The molecule has 1 aliphatic rings. The Morgan fingerprint density at radius 3 is 2.73 bits per heavy atom. The van der Waals surface area contributed by atoms with E-state index in [1.165, 1.54) is 0 Å². The Balaban J connectivity index is 2.58. The number of rotatable bonds is 0. The summed E-state index contributed by atoms with van der Waals surface area (Å²) in [4.78, 5) is 19.8. The van der Waals surface area contributed by atoms with Gasteiger partial charge in [-0.15, -0.1) is 0 Å². The predicted octanol–water partition coefficient (Wildman–Crippen LogP) is 1.65. The Morgan fingerprint density at radius 1 is 1.40 bits per heavy atom. The monoisotopic (exact) mass is 269 g/mol. The van der Waals surface area contributed by atoms with Gasteiger partial charge in [0.1, 0.15) is 10.6 Å². The molecule has 1 aromatic rings. The number of nitrogens with zero attached hydrogens (tertiary/aromatic N) is 3. The van der Waals surface area contributed by atoms with Crippen molar-refractivity contribution >= 4 is 33.3 Å². The zero-order chi connectivity index (χ0) is 11.2. The fraction of sp³-hybridized carbons (Fsp3) is 0.400. The Kier molecular flexibility index (Phi) is 2.42. The zero-order valence-electron chi connectivity index (χ0n) is 8.86. The lowest BCUT2D eigenvalue weighted by Crippen LogP contribution is -2.49. The molecule has 0 saturated carbocycles. The summed E-state index contributed by atoms with van der Waals surface area (Å²) < 4.78 is 0.781. The quantitative estimate of drug-likeness (QED) is 0.672. The summed E-state index contributed by atoms with van der Waals surface area (Å²) in [6.45, 7) is 1.88. The minimum Gasteiger partial charge on any atom is -0.346 e. The molecular formula is C10H12BrN3O. The van der Waals surface area contributed by atoms with Gasteiger partial charge in [-0.25, -0.2) is 4.98 Å². The topological polar surface area (TPSA) is 36.4 Å². The Hall–Kier alpha value is -1.10. The van der Waals surface area contributed by atoms with Crippen LogP contribution in [0.1, 0.15) is 6.92 Å². The second-order valence-electron chi connectivity index (χ2n) is 3.66. The summed E-state index contributed by atoms with van der Waals surface area (Å²) in [5.74, 6) is 0.924. The highest BCUT2D eigenvalue weighted by molar-refractivity contribution is 9.10. The number of aromatic nitrogens is 1. The third-order valence-corrected chi connectivity index (χ3v) is 3.23. The summed E-state index contributed by atoms with van der Waals surface area (Å²) in [7, 11) is 3.66. The minimum atomic E-state index is -0.163. The standard InChI is InChI=1S/C10H12BrN3O/c1-6-10(15)14(3)7-4-5-8(11)12-9(7)13(6)2/h4-6H,1-3H3. The number of anilines is 2. The number of carbonyl (C=O) groups excluding carboxylic acids is 1. The van der Waals surface area contributed by atoms with Crippen LogP contribution < -0.4 is 9.80 Å². The molecule has 0 aliphatic carbocycles. The molecule has 0 saturated heterocycles. The third-order valence-electron chi connectivity index (χ3n) is 2.78. The van der Waals surface area contributed by atoms with Gasteiger partial charge in [0.15, 0.2) is 5.82 Å². The average Bonchev–Trinajstić information content (AvgIpc) is 2.23. The molecule has 0 N–H and O–H groups in total. The maximum Gasteiger partial charge on any atom is 0.249 e. The summed E-state index contributed by atoms with van der Waals surface area (Å²) in [5.41, 5.74) is 0.851. The van der Waals surface area contributed by atoms with Gasteiger partial charge in [0, 0.05) is 14.1 Å². The molecule has 1 aromatic heterocycles. The van der Waals surface area contributed by atoms with Gasteiger partial charge in [0.25, 0.3) is 0 Å². The lowest BCUT2D eigenvalue weighted by Gasteiger charge is -2.36. The highest BCUT2D eigenvalue weighted by Crippen LogP contribution is 2.33. The van der Waals surface area contributed by atoms with Gasteiger partial charge in [0.2, 0.25) is 5.91 Å². The van der Waals surface area contributed by atoms with E-state index in [2.05, 4.69) is 20.9 Å². The second-order valence-corrected chi connectivity index (χ2v) is 4.47. The fourth-order valence-electron chi connectivity index (χ4n) is 1.69. The smallest absolute Gasteiger partial charge is 0.249 e. The van der Waals surface area contributed by atoms with Crippen molar-refractivity contribution in [2.24, 2.45) is 0 Å². The van der Waals surface area contributed by atoms with Gasteiger partial charge in [-0.1, -0.05) is 0 Å². The lowest BCUT2D eigenvalue weighted by molar-refractivity contribution is -0.119. The molecule has 0 spiro atoms. The van der Waals surface area contributed by atoms with Crippen LogP contribution in [-0.2, 0) is 4.79 Å². The molecule has 1 unspecified atom stereocenters. The van der Waals surface area contributed by atoms with Crippen LogP contribution in [0.5, 0.6) is 0 Å². The number of carbonyl (C=O) groups is 1. The molecule has 80 valence electrons. The number of pyridine rings is 1. The Morgan fingerprint density at radius 2 is 2.07 bits per heavy atom. The molecule has 0 bridgehead atoms. The van der Waals surface area contributed by atoms with Crippen molar-refractivity contribution in [3.8, 4) is 0 Å². The molecule has 0 radical (unpaired) electrons. The fourth-order valence-corrected chi connectivity index (χ4v) is 1.99. The summed E-state index contributed by atoms with van der Waals surface area (Å²) in [6.07, 6.45) is 0. The Bertz CT molecular complexity index is 421. The van der Waals surface area contributed by atoms with E-state index < -0.39 is 0 Å². The van der Waals surface area contributed by atoms with Crippen molar-refractivity contribution in [3.05, 3.63) is 16.7 Å². The zero-order valence-corrected chi connectivity index (χ0v) is 10.4. The van der Waals surface area contributed by atoms with E-state index in [0.29, 0.717) is 0 Å². The number of fused-ring (bicyclic) bond motifs is 1. The van der Waals surface area contributed by atoms with Gasteiger partial charge in [0.05, 0.1) is 5.69 Å². The van der Waals surface area contributed by atoms with Crippen molar-refractivity contribution in [1.29, 1.82) is 0 Å². The first-order valence-electron chi connectivity index (χ1n) is 4.69. The number of hydrogen-bond donors (Lipinski definition) is 0. The molecule has 1 aliphatic heterocycles. The van der Waals surface area contributed by atoms with Gasteiger partial charge in [-0.05, 0) is 35.0 Å². The molecule has 5 heteroatoms. The van der Waals surface area contributed by atoms with Gasteiger partial charge < -0.3 is 9.80 Å². The van der Waals surface area contributed by atoms with Crippen LogP contribution in [0.2, 0.25) is 0 Å². The highest BCUT2D eigenvalue weighted by Gasteiger charge is 2.32. The third kappa shape index (κ3) is 1.51. The van der Waals surface area contributed by atoms with Crippen molar-refractivity contribution in [2.75, 3.05) is 23.9 Å². The van der Waals surface area contributed by atoms with Crippen LogP contribution in [0, 0.1) is 0 Å². The van der Waals surface area contributed by atoms with Crippen LogP contribution in [0.25, 0.3) is 0 Å². The first kappa shape index (κ1) is 10.4. The van der Waals surface area contributed by atoms with E-state index in [0.717, 1.165) is 16.1 Å². The lowest BCUT2D eigenvalue weighted by atomic mass is 10.1. The molecule has 2 rings (SSSR count). The number of halogens is 1. The molecule has 4 nitrogen and oxygen atoms in total. The van der Waals surface area contributed by atoms with E-state index in [-0.39, 0.29) is 11.9 Å². The van der Waals surface area contributed by atoms with Crippen molar-refractivity contribution in [3.63, 3.8) is 0 Å². The summed E-state index contributed by atoms with van der Waals surface area (Å²) >= 11 is 3.33. The van der Waals surface area contributed by atoms with Crippen LogP contribution >= 0.6 is 15.9 Å². The SMILES string of the molecule is CC1C(=O)N(C)c2ccc(Br)nc2N1C. The van der Waals surface area contributed by atoms with E-state index in [1.54, 1.807) is 11.9 Å². The first-order chi connectivity index (χ1) is 7.02. The number of amides is 1. The predicted molar refractivity (Wildman–Crippen MR) is 63.2 cm³/mol. The van der Waals surface area contributed by atoms with Crippen molar-refractivity contribution in [1.82, 2.24) is 4.98 Å². The normalized spacial score (nSPS) is 20.5. The van der Waals surface area contributed by atoms with E-state index in [1.807, 2.05) is 31.0 Å². The second kappa shape index (κ2) is 3.48. The molecule has 2 heterocycles. The van der Waals surface area contributed by atoms with Crippen molar-refractivity contribution < 1.29 is 4.79 Å². The first-order valence-corrected chi connectivity index (χ1v) is 5.48. The summed E-state index contributed by atoms with van der Waals surface area (Å²) in [6, 6.07) is 3.57. The van der Waals surface area contributed by atoms with E-state index in [4.69, 9.17) is 0 Å². The number of hydrogen-bond acceptors (Lipinski definition) is 3. The minimum absolute atomic E-state index is 0.0918. The molecule has 0 aromatic carbocycles. The van der Waals surface area contributed by atoms with Crippen molar-refractivity contribution in [2.45, 2.75) is 13.0 Å². The van der Waals surface area contributed by atoms with Gasteiger partial charge in [-0.2, -0.15) is 0 Å². The van der Waals surface area contributed by atoms with Crippen LogP contribution in [0.15, 0.2) is 16.7 Å². The maximum atomic E-state index is 11.8. The number of likely N-dealkylation sites (N-methyl/N-ethyl adjacent to an activating group) is 2. The maximum absolute atomic E-state index is 11.8. The molecule has 0 fully saturated rings. The largest absolute Gasteiger partial charge is 0.346 e. The van der Waals surface area contributed by atoms with E-state index >= 15 is 0 Å². The van der Waals surface area contributed by atoms with E-state index in [9.17, 15) is 4.79 Å². The van der Waals surface area contributed by atoms with Gasteiger partial charge in [-0.3, -0.25) is 4.79 Å². The highest BCUT2D eigenvalue weighted by atomic mass is 79.9. The molecule has 15 heavy (non-hydrogen) atoms. The van der Waals surface area contributed by atoms with Gasteiger partial charge >= 0.3 is 0 Å². The van der Waals surface area contributed by atoms with Crippen LogP contribution in [-0.4, -0.2) is 31.0 Å². The molecule has 1 amide bonds. The summed E-state index contributed by atoms with van der Waals surface area (Å²) in [5, 5.41) is 0. The molecular weight excluding hydrogens is 258 g/mol.